The number of nitrogens with zero attached hydrogens (tertiary/aromatic N) is 1. The first kappa shape index (κ1) is 13.4. The molecule has 0 spiro atoms. The van der Waals surface area contributed by atoms with Crippen molar-refractivity contribution in [2.45, 2.75) is 6.42 Å². The molecule has 21 heavy (non-hydrogen) atoms. The highest BCUT2D eigenvalue weighted by molar-refractivity contribution is 5.84. The Morgan fingerprint density at radius 1 is 1.05 bits per heavy atom. The van der Waals surface area contributed by atoms with E-state index in [0.29, 0.717) is 0 Å². The fourth-order valence-electron chi connectivity index (χ4n) is 2.59. The van der Waals surface area contributed by atoms with Gasteiger partial charge in [-0.2, -0.15) is 0 Å². The molecule has 0 saturated heterocycles. The monoisotopic (exact) mass is 279 g/mol. The van der Waals surface area contributed by atoms with Gasteiger partial charge < -0.3 is 9.30 Å². The Morgan fingerprint density at radius 3 is 2.52 bits per heavy atom. The third kappa shape index (κ3) is 2.55. The number of ether oxygens (including phenoxy) is 1. The number of pyridine rings is 1. The van der Waals surface area contributed by atoms with E-state index in [1.807, 2.05) is 36.4 Å². The van der Waals surface area contributed by atoms with E-state index in [4.69, 9.17) is 4.74 Å². The second kappa shape index (κ2) is 5.44. The minimum atomic E-state index is 0.00156. The lowest BCUT2D eigenvalue weighted by Crippen LogP contribution is -2.17. The quantitative estimate of drug-likeness (QED) is 0.737. The Bertz CT molecular complexity index is 835. The summed E-state index contributed by atoms with van der Waals surface area (Å²) in [6, 6.07) is 17.8. The highest BCUT2D eigenvalue weighted by Gasteiger charge is 2.08. The van der Waals surface area contributed by atoms with Crippen LogP contribution >= 0.6 is 0 Å². The van der Waals surface area contributed by atoms with Crippen LogP contribution < -0.4 is 10.3 Å². The van der Waals surface area contributed by atoms with Gasteiger partial charge in [-0.1, -0.05) is 30.3 Å². The number of aromatic nitrogens is 1. The summed E-state index contributed by atoms with van der Waals surface area (Å²) in [5.41, 5.74) is 3.14. The van der Waals surface area contributed by atoms with Gasteiger partial charge in [0, 0.05) is 24.6 Å². The maximum atomic E-state index is 12.2. The average Bonchev–Trinajstić information content (AvgIpc) is 2.53. The van der Waals surface area contributed by atoms with Crippen LogP contribution in [0.15, 0.2) is 59.4 Å². The summed E-state index contributed by atoms with van der Waals surface area (Å²) >= 11 is 0. The average molecular weight is 279 g/mol. The molecule has 3 aromatic rings. The van der Waals surface area contributed by atoms with Gasteiger partial charge in [-0.05, 0) is 29.7 Å². The summed E-state index contributed by atoms with van der Waals surface area (Å²) in [5.74, 6) is 0.759. The van der Waals surface area contributed by atoms with Crippen LogP contribution in [-0.4, -0.2) is 11.7 Å². The summed E-state index contributed by atoms with van der Waals surface area (Å²) < 4.78 is 6.92. The summed E-state index contributed by atoms with van der Waals surface area (Å²) in [7, 11) is 3.42. The zero-order valence-corrected chi connectivity index (χ0v) is 12.2. The van der Waals surface area contributed by atoms with E-state index in [0.717, 1.165) is 28.6 Å². The Morgan fingerprint density at radius 2 is 1.81 bits per heavy atom. The highest BCUT2D eigenvalue weighted by Crippen LogP contribution is 2.23. The fourth-order valence-corrected chi connectivity index (χ4v) is 2.59. The van der Waals surface area contributed by atoms with Gasteiger partial charge in [0.1, 0.15) is 5.75 Å². The summed E-state index contributed by atoms with van der Waals surface area (Å²) in [6.45, 7) is 0. The standard InChI is InChI=1S/C18H17NO2/c1-19-17-12-15(21-2)8-9-16(17)14(11-18(19)20)10-13-6-4-3-5-7-13/h3-9,11-12H,10H2,1-2H3. The topological polar surface area (TPSA) is 31.2 Å². The lowest BCUT2D eigenvalue weighted by molar-refractivity contribution is 0.415. The van der Waals surface area contributed by atoms with Gasteiger partial charge in [0.25, 0.3) is 5.56 Å². The lowest BCUT2D eigenvalue weighted by Gasteiger charge is -2.11. The Labute approximate surface area is 123 Å². The van der Waals surface area contributed by atoms with Crippen LogP contribution in [-0.2, 0) is 13.5 Å². The van der Waals surface area contributed by atoms with Crippen molar-refractivity contribution in [1.82, 2.24) is 4.57 Å². The largest absolute Gasteiger partial charge is 0.497 e. The molecule has 1 heterocycles. The van der Waals surface area contributed by atoms with Crippen molar-refractivity contribution in [2.75, 3.05) is 7.11 Å². The van der Waals surface area contributed by atoms with Gasteiger partial charge in [0.15, 0.2) is 0 Å². The van der Waals surface area contributed by atoms with E-state index in [1.54, 1.807) is 24.8 Å². The molecule has 0 aliphatic heterocycles. The maximum Gasteiger partial charge on any atom is 0.251 e. The molecule has 0 aliphatic carbocycles. The molecule has 0 saturated carbocycles. The predicted octanol–water partition coefficient (Wildman–Crippen LogP) is 3.14. The van der Waals surface area contributed by atoms with Gasteiger partial charge in [0.2, 0.25) is 0 Å². The summed E-state index contributed by atoms with van der Waals surface area (Å²) in [5, 5.41) is 1.08. The maximum absolute atomic E-state index is 12.2. The molecule has 3 nitrogen and oxygen atoms in total. The Kier molecular flexibility index (Phi) is 3.48. The normalized spacial score (nSPS) is 10.8. The molecule has 0 aliphatic rings. The number of hydrogen-bond acceptors (Lipinski definition) is 2. The van der Waals surface area contributed by atoms with Crippen LogP contribution in [0.5, 0.6) is 5.75 Å². The lowest BCUT2D eigenvalue weighted by atomic mass is 10.0. The van der Waals surface area contributed by atoms with E-state index in [1.165, 1.54) is 5.56 Å². The van der Waals surface area contributed by atoms with Gasteiger partial charge in [-0.25, -0.2) is 0 Å². The number of fused-ring (bicyclic) bond motifs is 1. The van der Waals surface area contributed by atoms with E-state index < -0.39 is 0 Å². The molecule has 1 aromatic heterocycles. The first-order chi connectivity index (χ1) is 10.2. The van der Waals surface area contributed by atoms with Crippen molar-refractivity contribution in [2.24, 2.45) is 7.05 Å². The number of rotatable bonds is 3. The van der Waals surface area contributed by atoms with Crippen molar-refractivity contribution >= 4 is 10.9 Å². The molecule has 3 rings (SSSR count). The fraction of sp³-hybridized carbons (Fsp3) is 0.167. The molecule has 2 aromatic carbocycles. The first-order valence-electron chi connectivity index (χ1n) is 6.89. The third-order valence-electron chi connectivity index (χ3n) is 3.78. The van der Waals surface area contributed by atoms with Crippen molar-refractivity contribution in [3.05, 3.63) is 76.1 Å². The molecule has 0 fully saturated rings. The van der Waals surface area contributed by atoms with Crippen molar-refractivity contribution in [3.8, 4) is 5.75 Å². The SMILES string of the molecule is COc1ccc2c(Cc3ccccc3)cc(=O)n(C)c2c1. The van der Waals surface area contributed by atoms with E-state index in [2.05, 4.69) is 12.1 Å². The van der Waals surface area contributed by atoms with Crippen LogP contribution in [0.4, 0.5) is 0 Å². The van der Waals surface area contributed by atoms with E-state index in [-0.39, 0.29) is 5.56 Å². The molecule has 0 unspecified atom stereocenters. The van der Waals surface area contributed by atoms with Gasteiger partial charge in [0.05, 0.1) is 12.6 Å². The summed E-state index contributed by atoms with van der Waals surface area (Å²) in [4.78, 5) is 12.2. The zero-order chi connectivity index (χ0) is 14.8. The van der Waals surface area contributed by atoms with Crippen LogP contribution in [0.2, 0.25) is 0 Å². The molecular weight excluding hydrogens is 262 g/mol. The number of methoxy groups -OCH3 is 1. The number of hydrogen-bond donors (Lipinski definition) is 0. The number of aryl methyl sites for hydroxylation is 1. The van der Waals surface area contributed by atoms with Crippen LogP contribution in [0.1, 0.15) is 11.1 Å². The van der Waals surface area contributed by atoms with Gasteiger partial charge >= 0.3 is 0 Å². The van der Waals surface area contributed by atoms with Crippen molar-refractivity contribution < 1.29 is 4.74 Å². The minimum Gasteiger partial charge on any atom is -0.497 e. The van der Waals surface area contributed by atoms with Crippen molar-refractivity contribution in [1.29, 1.82) is 0 Å². The van der Waals surface area contributed by atoms with Crippen molar-refractivity contribution in [3.63, 3.8) is 0 Å². The molecule has 3 heteroatoms. The molecule has 106 valence electrons. The Balaban J connectivity index is 2.19. The van der Waals surface area contributed by atoms with Crippen LogP contribution in [0.3, 0.4) is 0 Å². The van der Waals surface area contributed by atoms with E-state index >= 15 is 0 Å². The smallest absolute Gasteiger partial charge is 0.251 e. The second-order valence-corrected chi connectivity index (χ2v) is 5.11. The van der Waals surface area contributed by atoms with Crippen LogP contribution in [0.25, 0.3) is 10.9 Å². The predicted molar refractivity (Wildman–Crippen MR) is 85.0 cm³/mol. The zero-order valence-electron chi connectivity index (χ0n) is 12.2. The van der Waals surface area contributed by atoms with Crippen LogP contribution in [0, 0.1) is 0 Å². The minimum absolute atomic E-state index is 0.00156. The molecule has 0 N–H and O–H groups in total. The van der Waals surface area contributed by atoms with Gasteiger partial charge in [-0.15, -0.1) is 0 Å². The molecule has 0 atom stereocenters. The third-order valence-corrected chi connectivity index (χ3v) is 3.78. The molecule has 0 bridgehead atoms. The van der Waals surface area contributed by atoms with Gasteiger partial charge in [-0.3, -0.25) is 4.79 Å². The summed E-state index contributed by atoms with van der Waals surface area (Å²) in [6.07, 6.45) is 0.750. The van der Waals surface area contributed by atoms with E-state index in [9.17, 15) is 4.79 Å². The molecular formula is C18H17NO2. The number of benzene rings is 2. The Hall–Kier alpha value is -2.55. The second-order valence-electron chi connectivity index (χ2n) is 5.11. The molecule has 0 amide bonds. The first-order valence-corrected chi connectivity index (χ1v) is 6.89. The molecule has 0 radical (unpaired) electrons. The highest BCUT2D eigenvalue weighted by atomic mass is 16.5.